The highest BCUT2D eigenvalue weighted by Crippen LogP contribution is 2.26. The number of nitrogens with one attached hydrogen (secondary N) is 1. The predicted octanol–water partition coefficient (Wildman–Crippen LogP) is 1.79. The van der Waals surface area contributed by atoms with Crippen LogP contribution in [0.25, 0.3) is 0 Å². The van der Waals surface area contributed by atoms with Gasteiger partial charge in [0.2, 0.25) is 5.91 Å². The molecule has 0 radical (unpaired) electrons. The van der Waals surface area contributed by atoms with Gasteiger partial charge in [-0.2, -0.15) is 0 Å². The summed E-state index contributed by atoms with van der Waals surface area (Å²) in [7, 11) is 0. The van der Waals surface area contributed by atoms with Crippen molar-refractivity contribution in [3.05, 3.63) is 0 Å². The molecule has 1 rings (SSSR count). The van der Waals surface area contributed by atoms with Crippen molar-refractivity contribution >= 4 is 11.9 Å². The fourth-order valence-corrected chi connectivity index (χ4v) is 2.21. The van der Waals surface area contributed by atoms with Gasteiger partial charge in [0.1, 0.15) is 5.92 Å². The van der Waals surface area contributed by atoms with Gasteiger partial charge in [0.15, 0.2) is 0 Å². The molecule has 2 N–H and O–H groups in total. The average Bonchev–Trinajstić information content (AvgIpc) is 2.28. The minimum absolute atomic E-state index is 0.0922. The Morgan fingerprint density at radius 3 is 2.25 bits per heavy atom. The maximum atomic E-state index is 11.5. The van der Waals surface area contributed by atoms with Crippen LogP contribution in [0.5, 0.6) is 0 Å². The van der Waals surface area contributed by atoms with E-state index in [9.17, 15) is 9.59 Å². The molecule has 0 heterocycles. The summed E-state index contributed by atoms with van der Waals surface area (Å²) in [4.78, 5) is 22.2. The lowest BCUT2D eigenvalue weighted by atomic mass is 9.84. The van der Waals surface area contributed by atoms with Crippen LogP contribution in [0.3, 0.4) is 0 Å². The highest BCUT2D eigenvalue weighted by molar-refractivity contribution is 5.96. The second kappa shape index (κ2) is 5.87. The first-order valence-electron chi connectivity index (χ1n) is 6.05. The Morgan fingerprint density at radius 2 is 1.75 bits per heavy atom. The molecule has 0 aromatic rings. The van der Waals surface area contributed by atoms with Gasteiger partial charge in [0.05, 0.1) is 0 Å². The molecule has 0 aromatic carbocycles. The summed E-state index contributed by atoms with van der Waals surface area (Å²) in [6, 6.07) is 0.0922. The minimum atomic E-state index is -1.06. The van der Waals surface area contributed by atoms with Crippen LogP contribution >= 0.6 is 0 Å². The van der Waals surface area contributed by atoms with E-state index in [0.717, 1.165) is 12.8 Å². The van der Waals surface area contributed by atoms with E-state index in [2.05, 4.69) is 5.32 Å². The Hall–Kier alpha value is -1.06. The summed E-state index contributed by atoms with van der Waals surface area (Å²) >= 11 is 0. The van der Waals surface area contributed by atoms with Gasteiger partial charge >= 0.3 is 5.97 Å². The third kappa shape index (κ3) is 3.51. The van der Waals surface area contributed by atoms with E-state index in [0.29, 0.717) is 5.92 Å². The van der Waals surface area contributed by atoms with Crippen LogP contribution in [-0.4, -0.2) is 23.0 Å². The van der Waals surface area contributed by atoms with Gasteiger partial charge in [0, 0.05) is 6.04 Å². The lowest BCUT2D eigenvalue weighted by Crippen LogP contribution is -2.43. The largest absolute Gasteiger partial charge is 0.481 e. The van der Waals surface area contributed by atoms with Crippen molar-refractivity contribution in [3.63, 3.8) is 0 Å². The first-order chi connectivity index (χ1) is 7.52. The van der Waals surface area contributed by atoms with E-state index in [-0.39, 0.29) is 11.9 Å². The Morgan fingerprint density at radius 1 is 1.19 bits per heavy atom. The van der Waals surface area contributed by atoms with Crippen molar-refractivity contribution in [2.24, 2.45) is 11.8 Å². The Bertz CT molecular complexity index is 259. The lowest BCUT2D eigenvalue weighted by Gasteiger charge is -2.28. The topological polar surface area (TPSA) is 66.4 Å². The van der Waals surface area contributed by atoms with Crippen LogP contribution in [0.1, 0.15) is 46.0 Å². The van der Waals surface area contributed by atoms with Gasteiger partial charge in [-0.15, -0.1) is 0 Å². The number of carbonyl (C=O) groups excluding carboxylic acids is 1. The Balaban J connectivity index is 2.40. The summed E-state index contributed by atoms with van der Waals surface area (Å²) in [5, 5.41) is 11.5. The molecular weight excluding hydrogens is 206 g/mol. The molecule has 1 saturated carbocycles. The first kappa shape index (κ1) is 13.0. The van der Waals surface area contributed by atoms with Crippen LogP contribution in [0, 0.1) is 11.8 Å². The first-order valence-corrected chi connectivity index (χ1v) is 6.05. The van der Waals surface area contributed by atoms with Crippen molar-refractivity contribution in [3.8, 4) is 0 Å². The quantitative estimate of drug-likeness (QED) is 0.719. The summed E-state index contributed by atoms with van der Waals surface area (Å²) in [6.07, 6.45) is 6.01. The summed E-state index contributed by atoms with van der Waals surface area (Å²) in [5.41, 5.74) is 0. The lowest BCUT2D eigenvalue weighted by molar-refractivity contribution is -0.146. The molecule has 1 aliphatic rings. The average molecular weight is 227 g/mol. The molecule has 0 aromatic heterocycles. The van der Waals surface area contributed by atoms with Crippen molar-refractivity contribution in [1.29, 1.82) is 0 Å². The van der Waals surface area contributed by atoms with Crippen LogP contribution in [-0.2, 0) is 9.59 Å². The van der Waals surface area contributed by atoms with E-state index in [1.54, 1.807) is 0 Å². The normalized spacial score (nSPS) is 21.1. The molecule has 0 bridgehead atoms. The van der Waals surface area contributed by atoms with Crippen LogP contribution < -0.4 is 5.32 Å². The molecule has 0 saturated heterocycles. The number of amides is 1. The fraction of sp³-hybridized carbons (Fsp3) is 0.833. The molecule has 1 amide bonds. The third-order valence-electron chi connectivity index (χ3n) is 3.49. The third-order valence-corrected chi connectivity index (χ3v) is 3.49. The van der Waals surface area contributed by atoms with Crippen molar-refractivity contribution < 1.29 is 14.7 Å². The maximum Gasteiger partial charge on any atom is 0.315 e. The number of aliphatic carboxylic acids is 1. The zero-order valence-electron chi connectivity index (χ0n) is 10.0. The molecule has 4 heteroatoms. The minimum Gasteiger partial charge on any atom is -0.481 e. The maximum absolute atomic E-state index is 11.5. The van der Waals surface area contributed by atoms with Crippen LogP contribution in [0.2, 0.25) is 0 Å². The number of carboxylic acid groups (broad SMARTS) is 1. The van der Waals surface area contributed by atoms with Crippen LogP contribution in [0.15, 0.2) is 0 Å². The van der Waals surface area contributed by atoms with Crippen molar-refractivity contribution in [2.75, 3.05) is 0 Å². The van der Waals surface area contributed by atoms with E-state index in [4.69, 9.17) is 5.11 Å². The van der Waals surface area contributed by atoms with Gasteiger partial charge < -0.3 is 10.4 Å². The highest BCUT2D eigenvalue weighted by Gasteiger charge is 2.25. The molecule has 2 atom stereocenters. The molecular formula is C12H21NO3. The van der Waals surface area contributed by atoms with Crippen molar-refractivity contribution in [2.45, 2.75) is 52.0 Å². The van der Waals surface area contributed by atoms with E-state index >= 15 is 0 Å². The predicted molar refractivity (Wildman–Crippen MR) is 61.0 cm³/mol. The standard InChI is InChI=1S/C12H21NO3/c1-8(12(15)16)11(14)13-9(2)10-6-4-3-5-7-10/h8-10H,3-7H2,1-2H3,(H,13,14)(H,15,16). The molecule has 2 unspecified atom stereocenters. The molecule has 4 nitrogen and oxygen atoms in total. The second-order valence-corrected chi connectivity index (χ2v) is 4.76. The number of rotatable bonds is 4. The van der Waals surface area contributed by atoms with E-state index < -0.39 is 11.9 Å². The van der Waals surface area contributed by atoms with Gasteiger partial charge in [0.25, 0.3) is 0 Å². The molecule has 16 heavy (non-hydrogen) atoms. The number of hydrogen-bond donors (Lipinski definition) is 2. The molecule has 0 aliphatic heterocycles. The molecule has 1 fully saturated rings. The van der Waals surface area contributed by atoms with E-state index in [1.807, 2.05) is 6.92 Å². The van der Waals surface area contributed by atoms with Gasteiger partial charge in [-0.1, -0.05) is 19.3 Å². The molecule has 92 valence electrons. The number of carbonyl (C=O) groups is 2. The smallest absolute Gasteiger partial charge is 0.315 e. The second-order valence-electron chi connectivity index (χ2n) is 4.76. The van der Waals surface area contributed by atoms with Crippen LogP contribution in [0.4, 0.5) is 0 Å². The van der Waals surface area contributed by atoms with Gasteiger partial charge in [-0.05, 0) is 32.6 Å². The summed E-state index contributed by atoms with van der Waals surface area (Å²) in [5.74, 6) is -1.87. The zero-order chi connectivity index (χ0) is 12.1. The van der Waals surface area contributed by atoms with Gasteiger partial charge in [-0.25, -0.2) is 0 Å². The SMILES string of the molecule is CC(C(=O)O)C(=O)NC(C)C1CCCCC1. The summed E-state index contributed by atoms with van der Waals surface area (Å²) in [6.45, 7) is 3.40. The monoisotopic (exact) mass is 227 g/mol. The summed E-state index contributed by atoms with van der Waals surface area (Å²) < 4.78 is 0. The van der Waals surface area contributed by atoms with Crippen molar-refractivity contribution in [1.82, 2.24) is 5.32 Å². The molecule has 1 aliphatic carbocycles. The molecule has 0 spiro atoms. The fourth-order valence-electron chi connectivity index (χ4n) is 2.21. The number of carboxylic acids is 1. The Kier molecular flexibility index (Phi) is 4.77. The highest BCUT2D eigenvalue weighted by atomic mass is 16.4. The number of hydrogen-bond acceptors (Lipinski definition) is 2. The zero-order valence-corrected chi connectivity index (χ0v) is 10.0. The van der Waals surface area contributed by atoms with E-state index in [1.165, 1.54) is 26.2 Å². The Labute approximate surface area is 96.4 Å². The van der Waals surface area contributed by atoms with Gasteiger partial charge in [-0.3, -0.25) is 9.59 Å².